The summed E-state index contributed by atoms with van der Waals surface area (Å²) in [5, 5.41) is 0.222. The Hall–Kier alpha value is -1.36. The third-order valence-corrected chi connectivity index (χ3v) is 9.98. The first kappa shape index (κ1) is 24.7. The third-order valence-electron chi connectivity index (χ3n) is 5.44. The van der Waals surface area contributed by atoms with Crippen LogP contribution in [0.1, 0.15) is 46.1 Å². The molecule has 158 valence electrons. The van der Waals surface area contributed by atoms with E-state index in [0.29, 0.717) is 13.2 Å². The quantitative estimate of drug-likeness (QED) is 0.220. The predicted molar refractivity (Wildman–Crippen MR) is 122 cm³/mol. The van der Waals surface area contributed by atoms with Crippen LogP contribution in [0.3, 0.4) is 0 Å². The standard InChI is InChI=1S/C24H40O3Si/c1-8-9-15-22(19-25-5)23(16-17-27-28(6,7)24(2,3)4)20-26-18-21-13-11-10-12-14-21/h9-15,19,23H,8,16-18,20H2,1-7H3/b15-9+,22-19-. The van der Waals surface area contributed by atoms with Gasteiger partial charge in [0.05, 0.1) is 26.6 Å². The summed E-state index contributed by atoms with van der Waals surface area (Å²) in [6.45, 7) is 15.6. The fourth-order valence-corrected chi connectivity index (χ4v) is 3.64. The Labute approximate surface area is 173 Å². The van der Waals surface area contributed by atoms with Crippen LogP contribution in [0.5, 0.6) is 0 Å². The van der Waals surface area contributed by atoms with Crippen LogP contribution in [0.2, 0.25) is 18.1 Å². The molecule has 0 radical (unpaired) electrons. The maximum absolute atomic E-state index is 6.41. The lowest BCUT2D eigenvalue weighted by Gasteiger charge is -2.36. The van der Waals surface area contributed by atoms with E-state index in [-0.39, 0.29) is 11.0 Å². The lowest BCUT2D eigenvalue weighted by Crippen LogP contribution is -2.41. The van der Waals surface area contributed by atoms with Gasteiger partial charge in [-0.25, -0.2) is 0 Å². The Morgan fingerprint density at radius 2 is 1.82 bits per heavy atom. The molecule has 4 heteroatoms. The zero-order chi connectivity index (χ0) is 21.0. The first-order valence-electron chi connectivity index (χ1n) is 10.4. The van der Waals surface area contributed by atoms with Crippen molar-refractivity contribution in [3.8, 4) is 0 Å². The van der Waals surface area contributed by atoms with Gasteiger partial charge in [0.15, 0.2) is 8.32 Å². The molecule has 0 spiro atoms. The van der Waals surface area contributed by atoms with Crippen LogP contribution in [-0.4, -0.2) is 28.6 Å². The van der Waals surface area contributed by atoms with Crippen LogP contribution >= 0.6 is 0 Å². The van der Waals surface area contributed by atoms with Crippen molar-refractivity contribution in [2.24, 2.45) is 5.92 Å². The number of ether oxygens (including phenoxy) is 2. The number of rotatable bonds is 12. The van der Waals surface area contributed by atoms with Gasteiger partial charge in [0.25, 0.3) is 0 Å². The van der Waals surface area contributed by atoms with Crippen molar-refractivity contribution in [3.63, 3.8) is 0 Å². The summed E-state index contributed by atoms with van der Waals surface area (Å²) in [5.74, 6) is 0.247. The number of hydrogen-bond acceptors (Lipinski definition) is 3. The third kappa shape index (κ3) is 8.76. The monoisotopic (exact) mass is 404 g/mol. The van der Waals surface area contributed by atoms with Gasteiger partial charge >= 0.3 is 0 Å². The van der Waals surface area contributed by atoms with Crippen molar-refractivity contribution in [3.05, 3.63) is 59.9 Å². The van der Waals surface area contributed by atoms with Crippen LogP contribution < -0.4 is 0 Å². The van der Waals surface area contributed by atoms with Crippen molar-refractivity contribution in [2.75, 3.05) is 20.3 Å². The molecule has 1 aromatic carbocycles. The van der Waals surface area contributed by atoms with Crippen molar-refractivity contribution in [1.82, 2.24) is 0 Å². The fourth-order valence-electron chi connectivity index (χ4n) is 2.57. The molecule has 0 aliphatic rings. The summed E-state index contributed by atoms with van der Waals surface area (Å²) in [7, 11) is -0.0417. The molecule has 0 saturated heterocycles. The second kappa shape index (κ2) is 12.3. The molecule has 0 heterocycles. The van der Waals surface area contributed by atoms with E-state index in [4.69, 9.17) is 13.9 Å². The van der Waals surface area contributed by atoms with Crippen LogP contribution in [0.4, 0.5) is 0 Å². The van der Waals surface area contributed by atoms with Gasteiger partial charge in [-0.3, -0.25) is 0 Å². The lowest BCUT2D eigenvalue weighted by atomic mass is 9.97. The maximum Gasteiger partial charge on any atom is 0.191 e. The van der Waals surface area contributed by atoms with Crippen molar-refractivity contribution < 1.29 is 13.9 Å². The molecular formula is C24H40O3Si. The molecular weight excluding hydrogens is 364 g/mol. The Morgan fingerprint density at radius 1 is 1.14 bits per heavy atom. The van der Waals surface area contributed by atoms with E-state index < -0.39 is 8.32 Å². The minimum atomic E-state index is -1.74. The highest BCUT2D eigenvalue weighted by atomic mass is 28.4. The molecule has 1 unspecified atom stereocenters. The molecule has 0 aliphatic carbocycles. The summed E-state index contributed by atoms with van der Waals surface area (Å²) >= 11 is 0. The van der Waals surface area contributed by atoms with Gasteiger partial charge in [-0.05, 0) is 42.1 Å². The van der Waals surface area contributed by atoms with Gasteiger partial charge < -0.3 is 13.9 Å². The molecule has 1 aromatic rings. The zero-order valence-electron chi connectivity index (χ0n) is 19.0. The number of benzene rings is 1. The van der Waals surface area contributed by atoms with E-state index in [1.807, 2.05) is 24.5 Å². The first-order chi connectivity index (χ1) is 13.2. The van der Waals surface area contributed by atoms with Gasteiger partial charge in [0.1, 0.15) is 0 Å². The van der Waals surface area contributed by atoms with Crippen LogP contribution in [0.25, 0.3) is 0 Å². The van der Waals surface area contributed by atoms with E-state index in [9.17, 15) is 0 Å². The second-order valence-electron chi connectivity index (χ2n) is 8.76. The molecule has 0 fully saturated rings. The van der Waals surface area contributed by atoms with E-state index in [2.05, 4.69) is 65.1 Å². The van der Waals surface area contributed by atoms with Gasteiger partial charge in [0, 0.05) is 12.5 Å². The summed E-state index contributed by atoms with van der Waals surface area (Å²) in [6, 6.07) is 10.3. The highest BCUT2D eigenvalue weighted by Crippen LogP contribution is 2.36. The molecule has 0 N–H and O–H groups in total. The van der Waals surface area contributed by atoms with E-state index >= 15 is 0 Å². The molecule has 1 rings (SSSR count). The second-order valence-corrected chi connectivity index (χ2v) is 13.6. The van der Waals surface area contributed by atoms with Gasteiger partial charge in [-0.1, -0.05) is 70.2 Å². The molecule has 28 heavy (non-hydrogen) atoms. The Bertz CT molecular complexity index is 600. The Balaban J connectivity index is 2.76. The Morgan fingerprint density at radius 3 is 2.39 bits per heavy atom. The summed E-state index contributed by atoms with van der Waals surface area (Å²) in [6.07, 6.45) is 8.09. The largest absolute Gasteiger partial charge is 0.504 e. The number of methoxy groups -OCH3 is 1. The molecule has 3 nitrogen and oxygen atoms in total. The van der Waals surface area contributed by atoms with Crippen molar-refractivity contribution >= 4 is 8.32 Å². The Kier molecular flexibility index (Phi) is 10.8. The van der Waals surface area contributed by atoms with Gasteiger partial charge in [-0.15, -0.1) is 0 Å². The van der Waals surface area contributed by atoms with Crippen molar-refractivity contribution in [1.29, 1.82) is 0 Å². The van der Waals surface area contributed by atoms with E-state index in [1.54, 1.807) is 7.11 Å². The SMILES string of the molecule is CC/C=C/C(=C/OC)C(CCO[Si](C)(C)C(C)(C)C)COCc1ccccc1. The minimum Gasteiger partial charge on any atom is -0.504 e. The smallest absolute Gasteiger partial charge is 0.191 e. The summed E-state index contributed by atoms with van der Waals surface area (Å²) in [4.78, 5) is 0. The van der Waals surface area contributed by atoms with Crippen LogP contribution in [0, 0.1) is 5.92 Å². The molecule has 0 bridgehead atoms. The van der Waals surface area contributed by atoms with Crippen LogP contribution in [-0.2, 0) is 20.5 Å². The van der Waals surface area contributed by atoms with Crippen LogP contribution in [0.15, 0.2) is 54.3 Å². The number of allylic oxidation sites excluding steroid dienone is 2. The fraction of sp³-hybridized carbons (Fsp3) is 0.583. The maximum atomic E-state index is 6.41. The zero-order valence-corrected chi connectivity index (χ0v) is 20.0. The van der Waals surface area contributed by atoms with Gasteiger partial charge in [-0.2, -0.15) is 0 Å². The summed E-state index contributed by atoms with van der Waals surface area (Å²) in [5.41, 5.74) is 2.36. The van der Waals surface area contributed by atoms with E-state index in [1.165, 1.54) is 5.56 Å². The molecule has 0 amide bonds. The first-order valence-corrected chi connectivity index (χ1v) is 13.3. The number of hydrogen-bond donors (Lipinski definition) is 0. The normalized spacial score (nSPS) is 14.5. The lowest BCUT2D eigenvalue weighted by molar-refractivity contribution is 0.0883. The highest BCUT2D eigenvalue weighted by Gasteiger charge is 2.37. The molecule has 0 aliphatic heterocycles. The highest BCUT2D eigenvalue weighted by molar-refractivity contribution is 6.74. The average molecular weight is 405 g/mol. The predicted octanol–water partition coefficient (Wildman–Crippen LogP) is 6.73. The topological polar surface area (TPSA) is 27.7 Å². The minimum absolute atomic E-state index is 0.222. The average Bonchev–Trinajstić information content (AvgIpc) is 2.64. The molecule has 0 saturated carbocycles. The van der Waals surface area contributed by atoms with Crippen molar-refractivity contribution in [2.45, 2.75) is 65.3 Å². The molecule has 0 aromatic heterocycles. The molecule has 1 atom stereocenters. The summed E-state index contributed by atoms with van der Waals surface area (Å²) < 4.78 is 17.8. The van der Waals surface area contributed by atoms with Gasteiger partial charge in [0.2, 0.25) is 0 Å². The van der Waals surface area contributed by atoms with E-state index in [0.717, 1.165) is 25.0 Å².